The van der Waals surface area contributed by atoms with Gasteiger partial charge in [-0.05, 0) is 48.8 Å². The van der Waals surface area contributed by atoms with Gasteiger partial charge in [0.1, 0.15) is 12.1 Å². The average molecular weight is 546 g/mol. The van der Waals surface area contributed by atoms with Crippen LogP contribution in [0.1, 0.15) is 72.1 Å². The van der Waals surface area contributed by atoms with E-state index in [1.54, 1.807) is 23.1 Å². The summed E-state index contributed by atoms with van der Waals surface area (Å²) in [4.78, 5) is 56.3. The second-order valence-corrected chi connectivity index (χ2v) is 12.9. The lowest BCUT2D eigenvalue weighted by molar-refractivity contribution is -0.153. The highest BCUT2D eigenvalue weighted by Gasteiger charge is 2.56. The van der Waals surface area contributed by atoms with Crippen molar-refractivity contribution in [2.24, 2.45) is 16.7 Å². The fourth-order valence-electron chi connectivity index (χ4n) is 6.34. The Bertz CT molecular complexity index is 1080. The summed E-state index contributed by atoms with van der Waals surface area (Å²) < 4.78 is 5.08. The van der Waals surface area contributed by atoms with E-state index in [2.05, 4.69) is 5.32 Å². The van der Waals surface area contributed by atoms with Crippen molar-refractivity contribution in [2.75, 3.05) is 25.1 Å². The fraction of sp³-hybridized carbons (Fsp3) is 0.655. The first kappa shape index (κ1) is 28.4. The van der Waals surface area contributed by atoms with Crippen molar-refractivity contribution in [3.05, 3.63) is 29.3 Å². The molecule has 1 aliphatic carbocycles. The molecule has 3 fully saturated rings. The quantitative estimate of drug-likeness (QED) is 0.536. The van der Waals surface area contributed by atoms with Crippen LogP contribution in [0.4, 0.5) is 5.69 Å². The van der Waals surface area contributed by atoms with E-state index in [1.807, 2.05) is 26.8 Å². The van der Waals surface area contributed by atoms with E-state index in [0.717, 1.165) is 25.7 Å². The second-order valence-electron chi connectivity index (χ2n) is 12.4. The van der Waals surface area contributed by atoms with Crippen LogP contribution in [0.15, 0.2) is 24.3 Å². The maximum Gasteiger partial charge on any atom is 0.328 e. The van der Waals surface area contributed by atoms with Crippen LogP contribution in [-0.2, 0) is 23.9 Å². The number of nitrogens with one attached hydrogen (secondary N) is 1. The number of anilines is 1. The van der Waals surface area contributed by atoms with Crippen molar-refractivity contribution in [1.29, 1.82) is 0 Å². The SMILES string of the molecule is COC(=O)[C@@H]1C[C@]2(CC(=O)N(c3cccc(Cl)c3)C2)CN1C(=O)C(NC(=O)CC1CCCCC1)C(C)(C)C. The Morgan fingerprint density at radius 1 is 1.16 bits per heavy atom. The number of likely N-dealkylation sites (tertiary alicyclic amines) is 1. The van der Waals surface area contributed by atoms with Gasteiger partial charge in [-0.15, -0.1) is 0 Å². The van der Waals surface area contributed by atoms with Crippen molar-refractivity contribution in [2.45, 2.75) is 84.2 Å². The highest BCUT2D eigenvalue weighted by atomic mass is 35.5. The molecule has 9 heteroatoms. The number of esters is 1. The molecule has 1 N–H and O–H groups in total. The van der Waals surface area contributed by atoms with Crippen LogP contribution in [-0.4, -0.2) is 60.9 Å². The van der Waals surface area contributed by atoms with Crippen LogP contribution in [0.2, 0.25) is 5.02 Å². The van der Waals surface area contributed by atoms with Crippen LogP contribution in [0.3, 0.4) is 0 Å². The number of hydrogen-bond donors (Lipinski definition) is 1. The minimum absolute atomic E-state index is 0.0710. The molecule has 38 heavy (non-hydrogen) atoms. The predicted molar refractivity (Wildman–Crippen MR) is 146 cm³/mol. The molecule has 1 spiro atoms. The molecule has 2 saturated heterocycles. The van der Waals surface area contributed by atoms with E-state index < -0.39 is 28.9 Å². The normalized spacial score (nSPS) is 25.1. The smallest absolute Gasteiger partial charge is 0.328 e. The summed E-state index contributed by atoms with van der Waals surface area (Å²) in [6, 6.07) is 5.49. The number of rotatable bonds is 6. The van der Waals surface area contributed by atoms with Crippen LogP contribution in [0, 0.1) is 16.7 Å². The Morgan fingerprint density at radius 3 is 2.50 bits per heavy atom. The van der Waals surface area contributed by atoms with Crippen molar-refractivity contribution in [3.8, 4) is 0 Å². The third-order valence-electron chi connectivity index (χ3n) is 8.32. The van der Waals surface area contributed by atoms with E-state index in [-0.39, 0.29) is 30.7 Å². The van der Waals surface area contributed by atoms with Gasteiger partial charge in [-0.25, -0.2) is 4.79 Å². The Balaban J connectivity index is 1.55. The molecule has 1 aromatic rings. The number of methoxy groups -OCH3 is 1. The van der Waals surface area contributed by atoms with Crippen LogP contribution < -0.4 is 10.2 Å². The summed E-state index contributed by atoms with van der Waals surface area (Å²) in [5, 5.41) is 3.54. The lowest BCUT2D eigenvalue weighted by atomic mass is 9.84. The van der Waals surface area contributed by atoms with E-state index >= 15 is 0 Å². The number of amides is 3. The van der Waals surface area contributed by atoms with Crippen molar-refractivity contribution < 1.29 is 23.9 Å². The number of ether oxygens (including phenoxy) is 1. The highest BCUT2D eigenvalue weighted by Crippen LogP contribution is 2.45. The molecule has 1 aromatic carbocycles. The highest BCUT2D eigenvalue weighted by molar-refractivity contribution is 6.31. The van der Waals surface area contributed by atoms with Crippen molar-refractivity contribution in [1.82, 2.24) is 10.2 Å². The van der Waals surface area contributed by atoms with Crippen LogP contribution in [0.5, 0.6) is 0 Å². The Labute approximate surface area is 230 Å². The molecule has 0 bridgehead atoms. The third kappa shape index (κ3) is 6.16. The standard InChI is InChI=1S/C29H40ClN3O5/c1-28(2,3)25(31-23(34)13-19-9-6-5-7-10-19)26(36)33-18-29(15-22(33)27(37)38-4)16-24(35)32(17-29)21-12-8-11-20(30)14-21/h8,11-12,14,19,22,25H,5-7,9-10,13,15-18H2,1-4H3,(H,31,34)/t22-,25?,29+/m0/s1. The topological polar surface area (TPSA) is 96.0 Å². The van der Waals surface area contributed by atoms with Gasteiger partial charge in [-0.3, -0.25) is 14.4 Å². The molecule has 1 unspecified atom stereocenters. The van der Waals surface area contributed by atoms with Gasteiger partial charge in [0, 0.05) is 42.1 Å². The van der Waals surface area contributed by atoms with Crippen molar-refractivity contribution >= 4 is 41.0 Å². The lowest BCUT2D eigenvalue weighted by Crippen LogP contribution is -2.57. The van der Waals surface area contributed by atoms with E-state index in [4.69, 9.17) is 16.3 Å². The van der Waals surface area contributed by atoms with E-state index in [1.165, 1.54) is 18.4 Å². The van der Waals surface area contributed by atoms with E-state index in [9.17, 15) is 19.2 Å². The molecule has 3 aliphatic rings. The average Bonchev–Trinajstić information content (AvgIpc) is 3.40. The first-order chi connectivity index (χ1) is 17.9. The first-order valence-corrected chi connectivity index (χ1v) is 14.0. The molecular formula is C29H40ClN3O5. The molecule has 3 amide bonds. The van der Waals surface area contributed by atoms with Gasteiger partial charge in [0.05, 0.1) is 7.11 Å². The fourth-order valence-corrected chi connectivity index (χ4v) is 6.52. The summed E-state index contributed by atoms with van der Waals surface area (Å²) in [6.45, 7) is 6.34. The summed E-state index contributed by atoms with van der Waals surface area (Å²) >= 11 is 6.16. The summed E-state index contributed by atoms with van der Waals surface area (Å²) in [5.41, 5.74) is -0.474. The summed E-state index contributed by atoms with van der Waals surface area (Å²) in [7, 11) is 1.31. The van der Waals surface area contributed by atoms with Gasteiger partial charge in [0.25, 0.3) is 0 Å². The maximum absolute atomic E-state index is 14.1. The number of nitrogens with zero attached hydrogens (tertiary/aromatic N) is 2. The van der Waals surface area contributed by atoms with Gasteiger partial charge >= 0.3 is 5.97 Å². The Hall–Kier alpha value is -2.61. The van der Waals surface area contributed by atoms with Gasteiger partial charge in [-0.2, -0.15) is 0 Å². The monoisotopic (exact) mass is 545 g/mol. The second kappa shape index (κ2) is 11.2. The zero-order valence-electron chi connectivity index (χ0n) is 22.9. The zero-order valence-corrected chi connectivity index (χ0v) is 23.7. The van der Waals surface area contributed by atoms with Crippen LogP contribution in [0.25, 0.3) is 0 Å². The number of halogens is 1. The molecule has 3 atom stereocenters. The lowest BCUT2D eigenvalue weighted by Gasteiger charge is -2.36. The number of carbonyl (C=O) groups excluding carboxylic acids is 4. The van der Waals surface area contributed by atoms with Gasteiger partial charge in [0.15, 0.2) is 0 Å². The van der Waals surface area contributed by atoms with E-state index in [0.29, 0.717) is 36.0 Å². The van der Waals surface area contributed by atoms with Crippen molar-refractivity contribution in [3.63, 3.8) is 0 Å². The number of hydrogen-bond acceptors (Lipinski definition) is 5. The molecule has 2 heterocycles. The molecule has 4 rings (SSSR count). The minimum Gasteiger partial charge on any atom is -0.467 e. The third-order valence-corrected chi connectivity index (χ3v) is 8.56. The summed E-state index contributed by atoms with van der Waals surface area (Å²) in [6.07, 6.45) is 6.52. The zero-order chi connectivity index (χ0) is 27.7. The maximum atomic E-state index is 14.1. The largest absolute Gasteiger partial charge is 0.467 e. The first-order valence-electron chi connectivity index (χ1n) is 13.7. The molecule has 2 aliphatic heterocycles. The van der Waals surface area contributed by atoms with Gasteiger partial charge in [0.2, 0.25) is 17.7 Å². The molecule has 1 saturated carbocycles. The molecule has 0 radical (unpaired) electrons. The Morgan fingerprint density at radius 2 is 1.87 bits per heavy atom. The predicted octanol–water partition coefficient (Wildman–Crippen LogP) is 4.34. The van der Waals surface area contributed by atoms with Crippen LogP contribution >= 0.6 is 11.6 Å². The van der Waals surface area contributed by atoms with Gasteiger partial charge < -0.3 is 19.9 Å². The van der Waals surface area contributed by atoms with Gasteiger partial charge in [-0.1, -0.05) is 57.7 Å². The minimum atomic E-state index is -0.820. The molecule has 0 aromatic heterocycles. The number of benzene rings is 1. The number of carbonyl (C=O) groups is 4. The molecular weight excluding hydrogens is 506 g/mol. The molecule has 8 nitrogen and oxygen atoms in total. The Kier molecular flexibility index (Phi) is 8.40. The molecule has 208 valence electrons. The summed E-state index contributed by atoms with van der Waals surface area (Å²) in [5.74, 6) is -0.671.